The molecule has 0 aromatic carbocycles. The molecule has 23 heavy (non-hydrogen) atoms. The summed E-state index contributed by atoms with van der Waals surface area (Å²) >= 11 is 0. The predicted molar refractivity (Wildman–Crippen MR) is 77.0 cm³/mol. The van der Waals surface area contributed by atoms with Crippen LogP contribution in [0.1, 0.15) is 24.6 Å². The highest BCUT2D eigenvalue weighted by Crippen LogP contribution is 2.32. The van der Waals surface area contributed by atoms with Gasteiger partial charge in [0, 0.05) is 38.5 Å². The highest BCUT2D eigenvalue weighted by Gasteiger charge is 2.49. The Labute approximate surface area is 133 Å². The van der Waals surface area contributed by atoms with Crippen molar-refractivity contribution in [2.75, 3.05) is 32.8 Å². The van der Waals surface area contributed by atoms with E-state index in [2.05, 4.69) is 10.00 Å². The van der Waals surface area contributed by atoms with Crippen LogP contribution in [0.15, 0.2) is 12.3 Å². The molecule has 4 heterocycles. The number of alkyl halides is 2. The molecule has 2 fully saturated rings. The van der Waals surface area contributed by atoms with Crippen LogP contribution in [-0.2, 0) is 16.1 Å². The molecule has 1 unspecified atom stereocenters. The standard InChI is InChI=1S/C15H20F2N4O2/c16-15(17)9-20(10-15)14(22)13-8-19(11-2-5-23-6-3-11)7-12-1-4-18-21(12)13/h1,4,11,13H,2-3,5-10H2. The van der Waals surface area contributed by atoms with Crippen LogP contribution >= 0.6 is 0 Å². The monoisotopic (exact) mass is 326 g/mol. The summed E-state index contributed by atoms with van der Waals surface area (Å²) in [5.74, 6) is -2.99. The summed E-state index contributed by atoms with van der Waals surface area (Å²) in [4.78, 5) is 16.2. The van der Waals surface area contributed by atoms with Crippen molar-refractivity contribution >= 4 is 5.91 Å². The van der Waals surface area contributed by atoms with E-state index < -0.39 is 25.1 Å². The average molecular weight is 326 g/mol. The van der Waals surface area contributed by atoms with Gasteiger partial charge in [-0.05, 0) is 18.9 Å². The summed E-state index contributed by atoms with van der Waals surface area (Å²) in [5.41, 5.74) is 0.966. The number of halogens is 2. The van der Waals surface area contributed by atoms with E-state index in [0.717, 1.165) is 38.3 Å². The normalized spacial score (nSPS) is 28.3. The van der Waals surface area contributed by atoms with Gasteiger partial charge in [0.05, 0.1) is 18.8 Å². The Bertz CT molecular complexity index is 592. The Kier molecular flexibility index (Phi) is 3.60. The zero-order valence-corrected chi connectivity index (χ0v) is 12.8. The first kappa shape index (κ1) is 15.0. The first-order valence-corrected chi connectivity index (χ1v) is 8.04. The fraction of sp³-hybridized carbons (Fsp3) is 0.733. The van der Waals surface area contributed by atoms with Crippen LogP contribution < -0.4 is 0 Å². The van der Waals surface area contributed by atoms with E-state index in [-0.39, 0.29) is 5.91 Å². The Balaban J connectivity index is 1.52. The first-order valence-electron chi connectivity index (χ1n) is 8.04. The second-order valence-corrected chi connectivity index (χ2v) is 6.61. The van der Waals surface area contributed by atoms with Gasteiger partial charge in [0.15, 0.2) is 0 Å². The lowest BCUT2D eigenvalue weighted by Crippen LogP contribution is -2.61. The molecule has 0 bridgehead atoms. The second-order valence-electron chi connectivity index (χ2n) is 6.61. The Morgan fingerprint density at radius 3 is 2.74 bits per heavy atom. The van der Waals surface area contributed by atoms with Gasteiger partial charge in [-0.3, -0.25) is 14.4 Å². The molecule has 2 saturated heterocycles. The van der Waals surface area contributed by atoms with Crippen molar-refractivity contribution in [2.24, 2.45) is 0 Å². The smallest absolute Gasteiger partial charge is 0.282 e. The Morgan fingerprint density at radius 1 is 1.30 bits per heavy atom. The molecule has 3 aliphatic rings. The van der Waals surface area contributed by atoms with Crippen molar-refractivity contribution in [1.29, 1.82) is 0 Å². The summed E-state index contributed by atoms with van der Waals surface area (Å²) in [7, 11) is 0. The van der Waals surface area contributed by atoms with Gasteiger partial charge < -0.3 is 9.64 Å². The van der Waals surface area contributed by atoms with Crippen LogP contribution in [0, 0.1) is 0 Å². The highest BCUT2D eigenvalue weighted by atomic mass is 19.3. The van der Waals surface area contributed by atoms with Gasteiger partial charge in [0.25, 0.3) is 5.92 Å². The number of aromatic nitrogens is 2. The SMILES string of the molecule is O=C(C1CN(C2CCOCC2)Cc2ccnn21)N1CC(F)(F)C1. The van der Waals surface area contributed by atoms with Crippen molar-refractivity contribution in [3.8, 4) is 0 Å². The Morgan fingerprint density at radius 2 is 2.04 bits per heavy atom. The molecule has 3 aliphatic heterocycles. The minimum atomic E-state index is -2.74. The van der Waals surface area contributed by atoms with Gasteiger partial charge in [-0.2, -0.15) is 5.10 Å². The van der Waals surface area contributed by atoms with Gasteiger partial charge in [-0.1, -0.05) is 0 Å². The van der Waals surface area contributed by atoms with E-state index in [0.29, 0.717) is 12.6 Å². The minimum Gasteiger partial charge on any atom is -0.381 e. The van der Waals surface area contributed by atoms with E-state index in [1.807, 2.05) is 6.07 Å². The van der Waals surface area contributed by atoms with Crippen LogP contribution in [0.3, 0.4) is 0 Å². The summed E-state index contributed by atoms with van der Waals surface area (Å²) in [6.07, 6.45) is 3.56. The summed E-state index contributed by atoms with van der Waals surface area (Å²) < 4.78 is 33.3. The molecule has 0 spiro atoms. The fourth-order valence-electron chi connectivity index (χ4n) is 3.71. The molecular weight excluding hydrogens is 306 g/mol. The number of carbonyl (C=O) groups excluding carboxylic acids is 1. The fourth-order valence-corrected chi connectivity index (χ4v) is 3.71. The maximum atomic E-state index is 13.1. The summed E-state index contributed by atoms with van der Waals surface area (Å²) in [5, 5.41) is 4.25. The van der Waals surface area contributed by atoms with Crippen molar-refractivity contribution in [3.05, 3.63) is 18.0 Å². The van der Waals surface area contributed by atoms with Crippen LogP contribution in [0.4, 0.5) is 8.78 Å². The first-order chi connectivity index (χ1) is 11.0. The van der Waals surface area contributed by atoms with Crippen molar-refractivity contribution < 1.29 is 18.3 Å². The third-order valence-electron chi connectivity index (χ3n) is 4.97. The van der Waals surface area contributed by atoms with Crippen LogP contribution in [0.5, 0.6) is 0 Å². The van der Waals surface area contributed by atoms with Crippen LogP contribution in [0.2, 0.25) is 0 Å². The average Bonchev–Trinajstić information content (AvgIpc) is 3.00. The van der Waals surface area contributed by atoms with E-state index >= 15 is 0 Å². The molecule has 0 saturated carbocycles. The van der Waals surface area contributed by atoms with Gasteiger partial charge in [-0.25, -0.2) is 8.78 Å². The van der Waals surface area contributed by atoms with Gasteiger partial charge in [0.2, 0.25) is 5.91 Å². The van der Waals surface area contributed by atoms with E-state index in [9.17, 15) is 13.6 Å². The lowest BCUT2D eigenvalue weighted by atomic mass is 10.0. The summed E-state index contributed by atoms with van der Waals surface area (Å²) in [6, 6.07) is 1.77. The number of ether oxygens (including phenoxy) is 1. The number of rotatable bonds is 2. The topological polar surface area (TPSA) is 50.6 Å². The number of fused-ring (bicyclic) bond motifs is 1. The lowest BCUT2D eigenvalue weighted by Gasteiger charge is -2.44. The molecule has 126 valence electrons. The number of amides is 1. The van der Waals surface area contributed by atoms with Crippen LogP contribution in [-0.4, -0.2) is 70.3 Å². The van der Waals surface area contributed by atoms with Crippen molar-refractivity contribution in [3.63, 3.8) is 0 Å². The molecular formula is C15H20F2N4O2. The minimum absolute atomic E-state index is 0.252. The third-order valence-corrected chi connectivity index (χ3v) is 4.97. The quantitative estimate of drug-likeness (QED) is 0.810. The number of likely N-dealkylation sites (tertiary alicyclic amines) is 1. The number of nitrogens with zero attached hydrogens (tertiary/aromatic N) is 4. The van der Waals surface area contributed by atoms with Crippen molar-refractivity contribution in [1.82, 2.24) is 19.6 Å². The van der Waals surface area contributed by atoms with E-state index in [1.54, 1.807) is 10.9 Å². The van der Waals surface area contributed by atoms with Gasteiger partial charge in [-0.15, -0.1) is 0 Å². The molecule has 1 aromatic heterocycles. The zero-order chi connectivity index (χ0) is 16.0. The molecule has 1 aromatic rings. The molecule has 4 rings (SSSR count). The largest absolute Gasteiger partial charge is 0.381 e. The molecule has 1 atom stereocenters. The Hall–Kier alpha value is -1.54. The molecule has 0 radical (unpaired) electrons. The highest BCUT2D eigenvalue weighted by molar-refractivity contribution is 5.82. The third kappa shape index (κ3) is 2.74. The molecule has 0 N–H and O–H groups in total. The maximum Gasteiger partial charge on any atom is 0.282 e. The van der Waals surface area contributed by atoms with Crippen molar-refractivity contribution in [2.45, 2.75) is 37.4 Å². The van der Waals surface area contributed by atoms with Gasteiger partial charge in [0.1, 0.15) is 6.04 Å². The zero-order valence-electron chi connectivity index (χ0n) is 12.8. The predicted octanol–water partition coefficient (Wildman–Crippen LogP) is 0.896. The number of hydrogen-bond acceptors (Lipinski definition) is 4. The second kappa shape index (κ2) is 5.52. The van der Waals surface area contributed by atoms with Gasteiger partial charge >= 0.3 is 0 Å². The van der Waals surface area contributed by atoms with E-state index in [4.69, 9.17) is 4.74 Å². The maximum absolute atomic E-state index is 13.1. The van der Waals surface area contributed by atoms with E-state index in [1.165, 1.54) is 4.90 Å². The molecule has 1 amide bonds. The summed E-state index contributed by atoms with van der Waals surface area (Å²) in [6.45, 7) is 1.78. The number of hydrogen-bond donors (Lipinski definition) is 0. The molecule has 8 heteroatoms. The molecule has 0 aliphatic carbocycles. The number of carbonyl (C=O) groups is 1. The lowest BCUT2D eigenvalue weighted by molar-refractivity contribution is -0.170. The molecule has 6 nitrogen and oxygen atoms in total. The van der Waals surface area contributed by atoms with Crippen LogP contribution in [0.25, 0.3) is 0 Å².